The van der Waals surface area contributed by atoms with Crippen molar-refractivity contribution in [1.82, 2.24) is 10.3 Å². The Morgan fingerprint density at radius 1 is 0.871 bits per heavy atom. The number of nitrogens with zero attached hydrogens (tertiary/aromatic N) is 1. The van der Waals surface area contributed by atoms with E-state index in [0.717, 1.165) is 47.3 Å². The van der Waals surface area contributed by atoms with Crippen LogP contribution in [0, 0.1) is 34.6 Å². The molecule has 2 unspecified atom stereocenters. The van der Waals surface area contributed by atoms with Gasteiger partial charge in [-0.15, -0.1) is 0 Å². The summed E-state index contributed by atoms with van der Waals surface area (Å²) < 4.78 is 0. The molecule has 0 radical (unpaired) electrons. The van der Waals surface area contributed by atoms with E-state index in [9.17, 15) is 4.79 Å². The Bertz CT molecular complexity index is 1130. The van der Waals surface area contributed by atoms with Crippen molar-refractivity contribution >= 4 is 5.91 Å². The number of aromatic nitrogens is 1. The average molecular weight is 413 g/mol. The first kappa shape index (κ1) is 21.3. The van der Waals surface area contributed by atoms with Gasteiger partial charge in [-0.25, -0.2) is 0 Å². The van der Waals surface area contributed by atoms with Crippen LogP contribution in [-0.4, -0.2) is 16.9 Å². The Hall–Kier alpha value is -2.94. The molecule has 2 aromatic carbocycles. The summed E-state index contributed by atoms with van der Waals surface area (Å²) in [4.78, 5) is 18.1. The zero-order chi connectivity index (χ0) is 22.1. The van der Waals surface area contributed by atoms with E-state index in [2.05, 4.69) is 75.5 Å². The first-order valence-corrected chi connectivity index (χ1v) is 11.3. The minimum absolute atomic E-state index is 0.0206. The predicted octanol–water partition coefficient (Wildman–Crippen LogP) is 6.36. The fourth-order valence-electron chi connectivity index (χ4n) is 4.92. The highest BCUT2D eigenvalue weighted by Crippen LogP contribution is 2.36. The van der Waals surface area contributed by atoms with E-state index in [-0.39, 0.29) is 17.9 Å². The van der Waals surface area contributed by atoms with E-state index in [0.29, 0.717) is 0 Å². The Morgan fingerprint density at radius 3 is 2.39 bits per heavy atom. The van der Waals surface area contributed by atoms with Crippen LogP contribution >= 0.6 is 0 Å². The van der Waals surface area contributed by atoms with Crippen LogP contribution in [0.2, 0.25) is 0 Å². The van der Waals surface area contributed by atoms with Gasteiger partial charge in [-0.2, -0.15) is 0 Å². The lowest BCUT2D eigenvalue weighted by atomic mass is 9.93. The number of carbonyl (C=O) groups excluding carboxylic acids is 1. The SMILES string of the molecule is Cc1cc(-c2ccccc2C)ccc1C(=O)NC1CCCC1c1nc(C)c(C)cc1C. The normalized spacial score (nSPS) is 18.2. The molecule has 1 N–H and O–H groups in total. The third-order valence-corrected chi connectivity index (χ3v) is 6.81. The summed E-state index contributed by atoms with van der Waals surface area (Å²) in [7, 11) is 0. The fraction of sp³-hybridized carbons (Fsp3) is 0.357. The number of aryl methyl sites for hydroxylation is 5. The topological polar surface area (TPSA) is 42.0 Å². The maximum absolute atomic E-state index is 13.2. The van der Waals surface area contributed by atoms with E-state index in [1.807, 2.05) is 13.0 Å². The Morgan fingerprint density at radius 2 is 1.65 bits per heavy atom. The van der Waals surface area contributed by atoms with Crippen molar-refractivity contribution in [2.24, 2.45) is 0 Å². The lowest BCUT2D eigenvalue weighted by molar-refractivity contribution is 0.0933. The third-order valence-electron chi connectivity index (χ3n) is 6.81. The minimum Gasteiger partial charge on any atom is -0.349 e. The van der Waals surface area contributed by atoms with Crippen molar-refractivity contribution in [3.8, 4) is 11.1 Å². The largest absolute Gasteiger partial charge is 0.349 e. The summed E-state index contributed by atoms with van der Waals surface area (Å²) in [5.74, 6) is 0.307. The van der Waals surface area contributed by atoms with Crippen molar-refractivity contribution < 1.29 is 4.79 Å². The molecule has 1 fully saturated rings. The van der Waals surface area contributed by atoms with Gasteiger partial charge in [-0.05, 0) is 86.9 Å². The molecular formula is C28H32N2O. The number of benzene rings is 2. The van der Waals surface area contributed by atoms with Gasteiger partial charge in [0.05, 0.1) is 0 Å². The van der Waals surface area contributed by atoms with Crippen LogP contribution in [0.5, 0.6) is 0 Å². The van der Waals surface area contributed by atoms with Gasteiger partial charge in [0, 0.05) is 28.9 Å². The van der Waals surface area contributed by atoms with Gasteiger partial charge >= 0.3 is 0 Å². The van der Waals surface area contributed by atoms with Gasteiger partial charge in [0.15, 0.2) is 0 Å². The van der Waals surface area contributed by atoms with Crippen LogP contribution in [0.3, 0.4) is 0 Å². The van der Waals surface area contributed by atoms with Crippen molar-refractivity contribution in [2.75, 3.05) is 0 Å². The van der Waals surface area contributed by atoms with Gasteiger partial charge in [0.25, 0.3) is 5.91 Å². The molecule has 3 nitrogen and oxygen atoms in total. The van der Waals surface area contributed by atoms with Crippen LogP contribution in [0.25, 0.3) is 11.1 Å². The second-order valence-electron chi connectivity index (χ2n) is 9.05. The number of pyridine rings is 1. The molecule has 1 saturated carbocycles. The first-order valence-electron chi connectivity index (χ1n) is 11.3. The molecule has 1 aliphatic rings. The Labute approximate surface area is 185 Å². The summed E-state index contributed by atoms with van der Waals surface area (Å²) in [6.07, 6.45) is 3.20. The van der Waals surface area contributed by atoms with E-state index >= 15 is 0 Å². The second kappa shape index (κ2) is 8.66. The van der Waals surface area contributed by atoms with Crippen LogP contribution in [0.15, 0.2) is 48.5 Å². The molecule has 0 spiro atoms. The quantitative estimate of drug-likeness (QED) is 0.542. The van der Waals surface area contributed by atoms with Gasteiger partial charge in [0.1, 0.15) is 0 Å². The maximum Gasteiger partial charge on any atom is 0.251 e. The molecule has 0 saturated heterocycles. The van der Waals surface area contributed by atoms with Gasteiger partial charge < -0.3 is 5.32 Å². The molecule has 0 bridgehead atoms. The highest BCUT2D eigenvalue weighted by Gasteiger charge is 2.32. The van der Waals surface area contributed by atoms with E-state index in [4.69, 9.17) is 4.98 Å². The molecule has 160 valence electrons. The highest BCUT2D eigenvalue weighted by molar-refractivity contribution is 5.96. The lowest BCUT2D eigenvalue weighted by Crippen LogP contribution is -2.37. The van der Waals surface area contributed by atoms with E-state index in [1.165, 1.54) is 22.3 Å². The molecule has 0 aliphatic heterocycles. The Balaban J connectivity index is 1.55. The standard InChI is InChI=1S/C28H32N2O/c1-17-9-6-7-10-23(17)22-13-14-24(19(3)16-22)28(31)30-26-12-8-11-25(26)27-20(4)15-18(2)21(5)29-27/h6-7,9-10,13-16,25-26H,8,11-12H2,1-5H3,(H,30,31). The molecule has 3 aromatic rings. The van der Waals surface area contributed by atoms with E-state index < -0.39 is 0 Å². The van der Waals surface area contributed by atoms with Gasteiger partial charge in [-0.3, -0.25) is 9.78 Å². The van der Waals surface area contributed by atoms with Crippen LogP contribution < -0.4 is 5.32 Å². The molecular weight excluding hydrogens is 380 g/mol. The molecule has 2 atom stereocenters. The zero-order valence-electron chi connectivity index (χ0n) is 19.3. The molecule has 1 aromatic heterocycles. The first-order chi connectivity index (χ1) is 14.8. The number of rotatable bonds is 4. The number of carbonyl (C=O) groups is 1. The summed E-state index contributed by atoms with van der Waals surface area (Å²) in [5.41, 5.74) is 10.1. The van der Waals surface area contributed by atoms with Crippen LogP contribution in [-0.2, 0) is 0 Å². The second-order valence-corrected chi connectivity index (χ2v) is 9.05. The van der Waals surface area contributed by atoms with Gasteiger partial charge in [-0.1, -0.05) is 48.9 Å². The zero-order valence-corrected chi connectivity index (χ0v) is 19.3. The average Bonchev–Trinajstić information content (AvgIpc) is 3.18. The predicted molar refractivity (Wildman–Crippen MR) is 128 cm³/mol. The summed E-state index contributed by atoms with van der Waals surface area (Å²) in [6, 6.07) is 16.9. The molecule has 31 heavy (non-hydrogen) atoms. The molecule has 3 heteroatoms. The van der Waals surface area contributed by atoms with Crippen LogP contribution in [0.1, 0.15) is 69.2 Å². The monoisotopic (exact) mass is 412 g/mol. The summed E-state index contributed by atoms with van der Waals surface area (Å²) in [5, 5.41) is 3.34. The summed E-state index contributed by atoms with van der Waals surface area (Å²) in [6.45, 7) is 10.5. The number of nitrogens with one attached hydrogen (secondary N) is 1. The van der Waals surface area contributed by atoms with Crippen molar-refractivity contribution in [1.29, 1.82) is 0 Å². The molecule has 1 amide bonds. The maximum atomic E-state index is 13.2. The highest BCUT2D eigenvalue weighted by atomic mass is 16.1. The number of hydrogen-bond donors (Lipinski definition) is 1. The summed E-state index contributed by atoms with van der Waals surface area (Å²) >= 11 is 0. The molecule has 1 heterocycles. The van der Waals surface area contributed by atoms with Crippen molar-refractivity contribution in [3.63, 3.8) is 0 Å². The fourth-order valence-corrected chi connectivity index (χ4v) is 4.92. The van der Waals surface area contributed by atoms with E-state index in [1.54, 1.807) is 0 Å². The van der Waals surface area contributed by atoms with Crippen LogP contribution in [0.4, 0.5) is 0 Å². The Kier molecular flexibility index (Phi) is 5.95. The molecule has 1 aliphatic carbocycles. The number of amides is 1. The smallest absolute Gasteiger partial charge is 0.251 e. The van der Waals surface area contributed by atoms with Gasteiger partial charge in [0.2, 0.25) is 0 Å². The lowest BCUT2D eigenvalue weighted by Gasteiger charge is -2.23. The third kappa shape index (κ3) is 4.27. The van der Waals surface area contributed by atoms with Crippen molar-refractivity contribution in [2.45, 2.75) is 65.8 Å². The minimum atomic E-state index is 0.0206. The molecule has 4 rings (SSSR count). The number of hydrogen-bond acceptors (Lipinski definition) is 2. The van der Waals surface area contributed by atoms with Crippen molar-refractivity contribution in [3.05, 3.63) is 87.7 Å².